The molecule has 8 heteroatoms. The van der Waals surface area contributed by atoms with Crippen LogP contribution in [0.4, 0.5) is 10.6 Å². The van der Waals surface area contributed by atoms with E-state index in [0.29, 0.717) is 38.5 Å². The third kappa shape index (κ3) is 6.08. The minimum atomic E-state index is -0.105. The molecule has 3 rings (SSSR count). The molecule has 0 aromatic carbocycles. The average molecular weight is 374 g/mol. The van der Waals surface area contributed by atoms with Crippen molar-refractivity contribution in [3.8, 4) is 0 Å². The van der Waals surface area contributed by atoms with Gasteiger partial charge in [0.15, 0.2) is 0 Å². The normalized spacial score (nSPS) is 18.2. The van der Waals surface area contributed by atoms with E-state index < -0.39 is 0 Å². The molecule has 0 bridgehead atoms. The maximum absolute atomic E-state index is 12.4. The second-order valence-electron chi connectivity index (χ2n) is 7.27. The highest BCUT2D eigenvalue weighted by Crippen LogP contribution is 2.17. The second-order valence-corrected chi connectivity index (χ2v) is 7.27. The van der Waals surface area contributed by atoms with Gasteiger partial charge in [-0.1, -0.05) is 19.3 Å². The molecule has 0 radical (unpaired) electrons. The highest BCUT2D eigenvalue weighted by Gasteiger charge is 2.21. The summed E-state index contributed by atoms with van der Waals surface area (Å²) in [7, 11) is 0. The highest BCUT2D eigenvalue weighted by molar-refractivity contribution is 5.77. The van der Waals surface area contributed by atoms with Crippen molar-refractivity contribution in [2.75, 3.05) is 37.6 Å². The van der Waals surface area contributed by atoms with Crippen LogP contribution in [0.1, 0.15) is 44.9 Å². The largest absolute Gasteiger partial charge is 0.352 e. The first-order valence-corrected chi connectivity index (χ1v) is 10.1. The number of urea groups is 1. The van der Waals surface area contributed by atoms with Crippen molar-refractivity contribution in [2.45, 2.75) is 51.0 Å². The van der Waals surface area contributed by atoms with Gasteiger partial charge < -0.3 is 20.4 Å². The molecule has 0 spiro atoms. The fraction of sp³-hybridized carbons (Fsp3) is 0.684. The van der Waals surface area contributed by atoms with Gasteiger partial charge in [0, 0.05) is 57.6 Å². The van der Waals surface area contributed by atoms with Crippen molar-refractivity contribution in [2.24, 2.45) is 0 Å². The van der Waals surface area contributed by atoms with Crippen molar-refractivity contribution in [3.63, 3.8) is 0 Å². The summed E-state index contributed by atoms with van der Waals surface area (Å²) in [6.45, 7) is 3.47. The molecule has 2 N–H and O–H groups in total. The summed E-state index contributed by atoms with van der Waals surface area (Å²) in [6, 6.07) is 0.206. The highest BCUT2D eigenvalue weighted by atomic mass is 16.2. The molecule has 8 nitrogen and oxygen atoms in total. The fourth-order valence-electron chi connectivity index (χ4n) is 3.72. The summed E-state index contributed by atoms with van der Waals surface area (Å²) in [4.78, 5) is 36.7. The maximum atomic E-state index is 12.4. The molecule has 1 saturated carbocycles. The van der Waals surface area contributed by atoms with Crippen LogP contribution in [0.15, 0.2) is 18.6 Å². The van der Waals surface area contributed by atoms with E-state index in [1.54, 1.807) is 18.6 Å². The Balaban J connectivity index is 1.28. The van der Waals surface area contributed by atoms with Crippen LogP contribution in [0.2, 0.25) is 0 Å². The van der Waals surface area contributed by atoms with E-state index in [-0.39, 0.29) is 11.9 Å². The number of aromatic nitrogens is 2. The number of nitrogens with zero attached hydrogens (tertiary/aromatic N) is 4. The van der Waals surface area contributed by atoms with Gasteiger partial charge in [-0.2, -0.15) is 0 Å². The lowest BCUT2D eigenvalue weighted by Gasteiger charge is -2.35. The molecule has 3 amide bonds. The first-order valence-electron chi connectivity index (χ1n) is 10.1. The van der Waals surface area contributed by atoms with Crippen LogP contribution < -0.4 is 15.5 Å². The zero-order chi connectivity index (χ0) is 18.9. The monoisotopic (exact) mass is 374 g/mol. The average Bonchev–Trinajstić information content (AvgIpc) is 2.72. The van der Waals surface area contributed by atoms with Gasteiger partial charge in [0.2, 0.25) is 5.91 Å². The zero-order valence-corrected chi connectivity index (χ0v) is 15.9. The molecular weight excluding hydrogens is 344 g/mol. The van der Waals surface area contributed by atoms with Crippen molar-refractivity contribution in [1.82, 2.24) is 25.5 Å². The summed E-state index contributed by atoms with van der Waals surface area (Å²) in [5.74, 6) is 1.01. The number of hydrogen-bond acceptors (Lipinski definition) is 5. The molecule has 148 valence electrons. The lowest BCUT2D eigenvalue weighted by molar-refractivity contribution is -0.131. The molecule has 2 heterocycles. The molecule has 2 fully saturated rings. The van der Waals surface area contributed by atoms with Gasteiger partial charge in [-0.05, 0) is 19.3 Å². The van der Waals surface area contributed by atoms with Crippen molar-refractivity contribution < 1.29 is 9.59 Å². The van der Waals surface area contributed by atoms with Crippen LogP contribution in [0.5, 0.6) is 0 Å². The Morgan fingerprint density at radius 1 is 1.07 bits per heavy atom. The Kier molecular flexibility index (Phi) is 7.24. The molecule has 1 saturated heterocycles. The number of amides is 3. The topological polar surface area (TPSA) is 90.5 Å². The molecule has 27 heavy (non-hydrogen) atoms. The van der Waals surface area contributed by atoms with Gasteiger partial charge >= 0.3 is 6.03 Å². The van der Waals surface area contributed by atoms with Crippen molar-refractivity contribution in [3.05, 3.63) is 18.6 Å². The van der Waals surface area contributed by atoms with Gasteiger partial charge in [0.05, 0.1) is 6.20 Å². The van der Waals surface area contributed by atoms with E-state index in [1.165, 1.54) is 19.3 Å². The van der Waals surface area contributed by atoms with Crippen molar-refractivity contribution in [1.29, 1.82) is 0 Å². The number of carbonyl (C=O) groups is 2. The molecule has 1 aromatic rings. The molecule has 1 aromatic heterocycles. The Morgan fingerprint density at radius 3 is 2.56 bits per heavy atom. The smallest absolute Gasteiger partial charge is 0.315 e. The van der Waals surface area contributed by atoms with Gasteiger partial charge in [-0.15, -0.1) is 0 Å². The van der Waals surface area contributed by atoms with Gasteiger partial charge in [-0.3, -0.25) is 9.78 Å². The van der Waals surface area contributed by atoms with Gasteiger partial charge in [0.1, 0.15) is 5.82 Å². The van der Waals surface area contributed by atoms with Crippen LogP contribution in [-0.2, 0) is 4.79 Å². The number of rotatable bonds is 6. The molecular formula is C19H30N6O2. The Hall–Kier alpha value is -2.38. The maximum Gasteiger partial charge on any atom is 0.315 e. The van der Waals surface area contributed by atoms with Crippen LogP contribution in [0.3, 0.4) is 0 Å². The minimum absolute atomic E-state index is 0.105. The van der Waals surface area contributed by atoms with E-state index in [1.807, 2.05) is 4.90 Å². The van der Waals surface area contributed by atoms with Crippen LogP contribution >= 0.6 is 0 Å². The number of anilines is 1. The number of nitrogens with one attached hydrogen (secondary N) is 2. The van der Waals surface area contributed by atoms with E-state index in [2.05, 4.69) is 25.5 Å². The summed E-state index contributed by atoms with van der Waals surface area (Å²) < 4.78 is 0. The van der Waals surface area contributed by atoms with Crippen LogP contribution in [0.25, 0.3) is 0 Å². The number of piperazine rings is 1. The van der Waals surface area contributed by atoms with Crippen molar-refractivity contribution >= 4 is 17.8 Å². The summed E-state index contributed by atoms with van der Waals surface area (Å²) in [5, 5.41) is 5.90. The molecule has 1 aliphatic heterocycles. The second kappa shape index (κ2) is 10.1. The third-order valence-electron chi connectivity index (χ3n) is 5.30. The lowest BCUT2D eigenvalue weighted by Crippen LogP contribution is -2.49. The number of hydrogen-bond donors (Lipinski definition) is 2. The van der Waals surface area contributed by atoms with E-state index >= 15 is 0 Å². The first-order chi connectivity index (χ1) is 13.2. The first kappa shape index (κ1) is 19.4. The molecule has 1 aliphatic carbocycles. The van der Waals surface area contributed by atoms with Gasteiger partial charge in [0.25, 0.3) is 0 Å². The summed E-state index contributed by atoms with van der Waals surface area (Å²) in [6.07, 6.45) is 12.1. The fourth-order valence-corrected chi connectivity index (χ4v) is 3.72. The predicted octanol–water partition coefficient (Wildman–Crippen LogP) is 1.54. The SMILES string of the molecule is O=C(NCCCC(=O)N1CCN(c2cnccn2)CC1)NC1CCCCC1. The molecule has 0 atom stereocenters. The quantitative estimate of drug-likeness (QED) is 0.737. The molecule has 0 unspecified atom stereocenters. The number of carbonyl (C=O) groups excluding carboxylic acids is 2. The van der Waals surface area contributed by atoms with E-state index in [4.69, 9.17) is 0 Å². The Morgan fingerprint density at radius 2 is 1.85 bits per heavy atom. The summed E-state index contributed by atoms with van der Waals surface area (Å²) >= 11 is 0. The van der Waals surface area contributed by atoms with Crippen LogP contribution in [0, 0.1) is 0 Å². The Labute approximate surface area is 160 Å². The predicted molar refractivity (Wildman–Crippen MR) is 103 cm³/mol. The van der Waals surface area contributed by atoms with Crippen LogP contribution in [-0.4, -0.2) is 65.6 Å². The lowest BCUT2D eigenvalue weighted by atomic mass is 9.96. The minimum Gasteiger partial charge on any atom is -0.352 e. The Bertz CT molecular complexity index is 597. The van der Waals surface area contributed by atoms with E-state index in [9.17, 15) is 9.59 Å². The zero-order valence-electron chi connectivity index (χ0n) is 15.9. The standard InChI is InChI=1S/C19H30N6O2/c26-18(7-4-8-22-19(27)23-16-5-2-1-3-6-16)25-13-11-24(12-14-25)17-15-20-9-10-21-17/h9-10,15-16H,1-8,11-14H2,(H2,22,23,27). The molecule has 2 aliphatic rings. The van der Waals surface area contributed by atoms with Gasteiger partial charge in [-0.25, -0.2) is 9.78 Å². The van der Waals surface area contributed by atoms with E-state index in [0.717, 1.165) is 31.7 Å². The third-order valence-corrected chi connectivity index (χ3v) is 5.30. The summed E-state index contributed by atoms with van der Waals surface area (Å²) in [5.41, 5.74) is 0.